The normalized spacial score (nSPS) is 34.7. The summed E-state index contributed by atoms with van der Waals surface area (Å²) >= 11 is 0. The van der Waals surface area contributed by atoms with E-state index in [0.717, 1.165) is 48.8 Å². The number of ketones is 1. The second kappa shape index (κ2) is 13.7. The van der Waals surface area contributed by atoms with Gasteiger partial charge in [0.25, 0.3) is 0 Å². The molecule has 3 N–H and O–H groups in total. The molecule has 290 valence electrons. The largest absolute Gasteiger partial charge is 0.497 e. The van der Waals surface area contributed by atoms with Gasteiger partial charge in [0, 0.05) is 39.0 Å². The van der Waals surface area contributed by atoms with Crippen molar-refractivity contribution in [3.8, 4) is 11.5 Å². The molecule has 9 atom stereocenters. The van der Waals surface area contributed by atoms with E-state index in [4.69, 9.17) is 9.47 Å². The summed E-state index contributed by atoms with van der Waals surface area (Å²) in [5, 5.41) is 27.5. The Hall–Kier alpha value is -4.40. The van der Waals surface area contributed by atoms with Crippen molar-refractivity contribution in [1.82, 2.24) is 10.2 Å². The molecule has 3 fully saturated rings. The lowest BCUT2D eigenvalue weighted by Gasteiger charge is -2.71. The van der Waals surface area contributed by atoms with Crippen molar-refractivity contribution in [3.05, 3.63) is 119 Å². The van der Waals surface area contributed by atoms with E-state index < -0.39 is 27.9 Å². The average molecular weight is 745 g/mol. The molecule has 6 aliphatic carbocycles. The minimum atomic E-state index is -1.24. The second-order valence-corrected chi connectivity index (χ2v) is 17.6. The number of ether oxygens (including phenoxy) is 2. The van der Waals surface area contributed by atoms with E-state index in [1.165, 1.54) is 0 Å². The van der Waals surface area contributed by atoms with E-state index in [1.807, 2.05) is 85.8 Å². The Labute approximate surface area is 325 Å². The molecule has 0 heterocycles. The van der Waals surface area contributed by atoms with Crippen molar-refractivity contribution < 1.29 is 29.3 Å². The molecule has 6 aliphatic rings. The van der Waals surface area contributed by atoms with Crippen molar-refractivity contribution in [2.45, 2.75) is 90.0 Å². The molecule has 8 nitrogen and oxygen atoms in total. The Kier molecular flexibility index (Phi) is 9.32. The van der Waals surface area contributed by atoms with Crippen LogP contribution in [0.15, 0.2) is 103 Å². The summed E-state index contributed by atoms with van der Waals surface area (Å²) in [6.07, 6.45) is 11.6. The van der Waals surface area contributed by atoms with Gasteiger partial charge in [0.05, 0.1) is 45.1 Å². The second-order valence-electron chi connectivity index (χ2n) is 17.6. The number of carbonyl (C=O) groups excluding carboxylic acids is 2. The third-order valence-corrected chi connectivity index (χ3v) is 15.2. The number of Topliss-reactive ketones (excluding diaryl/α,β-unsaturated/α-hetero) is 1. The molecule has 0 aromatic heterocycles. The first-order chi connectivity index (χ1) is 26.3. The zero-order valence-corrected chi connectivity index (χ0v) is 32.9. The maximum absolute atomic E-state index is 14.8. The zero-order chi connectivity index (χ0) is 38.8. The highest BCUT2D eigenvalue weighted by molar-refractivity contribution is 6.10. The van der Waals surface area contributed by atoms with E-state index in [-0.39, 0.29) is 48.2 Å². The van der Waals surface area contributed by atoms with E-state index in [9.17, 15) is 19.8 Å². The summed E-state index contributed by atoms with van der Waals surface area (Å²) in [6, 6.07) is 24.5. The summed E-state index contributed by atoms with van der Waals surface area (Å²) < 4.78 is 11.2. The third-order valence-electron chi connectivity index (χ3n) is 15.2. The number of allylic oxidation sites excluding steroid dienone is 4. The summed E-state index contributed by atoms with van der Waals surface area (Å²) in [5.41, 5.74) is 0.321. The van der Waals surface area contributed by atoms with Crippen LogP contribution >= 0.6 is 0 Å². The highest BCUT2D eigenvalue weighted by Gasteiger charge is 2.74. The Morgan fingerprint density at radius 2 is 1.55 bits per heavy atom. The lowest BCUT2D eigenvalue weighted by Crippen LogP contribution is -2.67. The number of benzene rings is 3. The molecule has 55 heavy (non-hydrogen) atoms. The fourth-order valence-electron chi connectivity index (χ4n) is 12.1. The fraction of sp³-hybridized carbons (Fsp3) is 0.489. The predicted octanol–water partition coefficient (Wildman–Crippen LogP) is 8.45. The number of aliphatic hydroxyl groups excluding tert-OH is 1. The number of fused-ring (bicyclic) bond motifs is 1. The van der Waals surface area contributed by atoms with Crippen LogP contribution in [0.3, 0.4) is 0 Å². The molecule has 8 heteroatoms. The zero-order valence-electron chi connectivity index (χ0n) is 32.9. The lowest BCUT2D eigenvalue weighted by molar-refractivity contribution is -0.174. The smallest absolute Gasteiger partial charge is 0.318 e. The summed E-state index contributed by atoms with van der Waals surface area (Å²) in [4.78, 5) is 31.1. The molecule has 2 amide bonds. The molecule has 0 saturated heterocycles. The van der Waals surface area contributed by atoms with E-state index in [2.05, 4.69) is 37.4 Å². The Bertz CT molecular complexity index is 2020. The van der Waals surface area contributed by atoms with Gasteiger partial charge in [0.15, 0.2) is 5.78 Å². The molecule has 2 bridgehead atoms. The number of urea groups is 1. The number of hydrogen-bond donors (Lipinski definition) is 3. The highest BCUT2D eigenvalue weighted by Crippen LogP contribution is 2.78. The number of amides is 2. The van der Waals surface area contributed by atoms with Gasteiger partial charge in [0.1, 0.15) is 11.5 Å². The lowest BCUT2D eigenvalue weighted by atomic mass is 9.32. The number of aliphatic hydroxyl groups is 2. The quantitative estimate of drug-likeness (QED) is 0.142. The van der Waals surface area contributed by atoms with E-state index >= 15 is 0 Å². The average Bonchev–Trinajstić information content (AvgIpc) is 3.47. The number of rotatable bonds is 10. The molecule has 3 saturated carbocycles. The molecule has 3 aromatic carbocycles. The molecular formula is C47H56N2O6. The first-order valence-electron chi connectivity index (χ1n) is 20.1. The molecule has 0 radical (unpaired) electrons. The Balaban J connectivity index is 1.18. The maximum atomic E-state index is 14.8. The monoisotopic (exact) mass is 744 g/mol. The number of hydrogen-bond acceptors (Lipinski definition) is 6. The van der Waals surface area contributed by atoms with Gasteiger partial charge in [-0.15, -0.1) is 0 Å². The minimum Gasteiger partial charge on any atom is -0.497 e. The fourth-order valence-corrected chi connectivity index (χ4v) is 12.1. The van der Waals surface area contributed by atoms with Gasteiger partial charge in [-0.2, -0.15) is 0 Å². The van der Waals surface area contributed by atoms with Crippen LogP contribution in [0.4, 0.5) is 4.79 Å². The Morgan fingerprint density at radius 1 is 0.873 bits per heavy atom. The third kappa shape index (κ3) is 5.68. The van der Waals surface area contributed by atoms with Gasteiger partial charge in [0.2, 0.25) is 0 Å². The molecule has 3 aromatic rings. The van der Waals surface area contributed by atoms with Crippen molar-refractivity contribution in [1.29, 1.82) is 0 Å². The number of carbonyl (C=O) groups is 2. The minimum absolute atomic E-state index is 0.0374. The molecule has 1 unspecified atom stereocenters. The van der Waals surface area contributed by atoms with Crippen molar-refractivity contribution in [2.24, 2.45) is 33.5 Å². The van der Waals surface area contributed by atoms with Crippen molar-refractivity contribution in [2.75, 3.05) is 20.8 Å². The van der Waals surface area contributed by atoms with Gasteiger partial charge < -0.3 is 29.9 Å². The van der Waals surface area contributed by atoms with Gasteiger partial charge >= 0.3 is 6.03 Å². The van der Waals surface area contributed by atoms with Crippen molar-refractivity contribution >= 4 is 11.8 Å². The summed E-state index contributed by atoms with van der Waals surface area (Å²) in [5.74, 6) is 1.44. The van der Waals surface area contributed by atoms with Crippen LogP contribution in [0.25, 0.3) is 0 Å². The SMILES string of the molecule is COc1ccc(CN(C[C@]2(O)CC[C@H]3[C@]45C=C[C@@]6(C=C4C(=O)c4ccccc4)CC(O)CC[C@]6(C)[C@H]5CC[C@@]32C)C(=O)N[C@H](C)c2ccccc2)c(OC)c1. The topological polar surface area (TPSA) is 108 Å². The van der Waals surface area contributed by atoms with Gasteiger partial charge in [-0.1, -0.05) is 92.7 Å². The van der Waals surface area contributed by atoms with Gasteiger partial charge in [-0.3, -0.25) is 4.79 Å². The first-order valence-corrected chi connectivity index (χ1v) is 20.1. The molecule has 2 spiro atoms. The van der Waals surface area contributed by atoms with Crippen LogP contribution in [0.2, 0.25) is 0 Å². The van der Waals surface area contributed by atoms with Crippen molar-refractivity contribution in [3.63, 3.8) is 0 Å². The van der Waals surface area contributed by atoms with E-state index in [0.29, 0.717) is 29.9 Å². The molecule has 9 rings (SSSR count). The predicted molar refractivity (Wildman–Crippen MR) is 213 cm³/mol. The van der Waals surface area contributed by atoms with E-state index in [1.54, 1.807) is 19.1 Å². The number of nitrogens with zero attached hydrogens (tertiary/aromatic N) is 1. The molecular weight excluding hydrogens is 689 g/mol. The maximum Gasteiger partial charge on any atom is 0.318 e. The van der Waals surface area contributed by atoms with Crippen LogP contribution in [0.5, 0.6) is 11.5 Å². The highest BCUT2D eigenvalue weighted by atomic mass is 16.5. The number of methoxy groups -OCH3 is 2. The summed E-state index contributed by atoms with van der Waals surface area (Å²) in [6.45, 7) is 6.93. The van der Waals surface area contributed by atoms with Crippen LogP contribution < -0.4 is 14.8 Å². The standard InChI is InChI=1S/C47H56N2O6/c1-31(32-12-8-6-9-13-32)48-42(52)49(29-34-16-17-36(54-4)26-38(34)55-5)30-46(53)23-20-40-44(46,3)22-19-39-43(2)21-18-35(50)27-45(43)24-25-47(39,40)37(28-45)41(51)33-14-10-7-11-15-33/h6-17,24-26,28,31,35,39-40,50,53H,18-23,27,29-30H2,1-5H3,(H,48,52)/t31-,35?,39-,40-,43-,44+,45+,46-,47-/m1/s1. The van der Waals surface area contributed by atoms with Crippen LogP contribution in [0, 0.1) is 33.5 Å². The molecule has 0 aliphatic heterocycles. The van der Waals surface area contributed by atoms with Gasteiger partial charge in [-0.25, -0.2) is 4.79 Å². The van der Waals surface area contributed by atoms with Crippen LogP contribution in [-0.2, 0) is 6.54 Å². The first kappa shape index (κ1) is 37.5. The van der Waals surface area contributed by atoms with Crippen LogP contribution in [0.1, 0.15) is 93.2 Å². The number of nitrogens with one attached hydrogen (secondary N) is 1. The van der Waals surface area contributed by atoms with Crippen LogP contribution in [-0.4, -0.2) is 59.4 Å². The summed E-state index contributed by atoms with van der Waals surface area (Å²) in [7, 11) is 3.22. The van der Waals surface area contributed by atoms with Gasteiger partial charge in [-0.05, 0) is 86.8 Å². The Morgan fingerprint density at radius 3 is 2.25 bits per heavy atom.